The van der Waals surface area contributed by atoms with Gasteiger partial charge in [0.1, 0.15) is 13.2 Å². The van der Waals surface area contributed by atoms with Gasteiger partial charge in [0, 0.05) is 0 Å². The average Bonchev–Trinajstić information content (AvgIpc) is 2.26. The molecule has 0 bridgehead atoms. The lowest BCUT2D eigenvalue weighted by Gasteiger charge is -2.31. The molecule has 1 saturated carbocycles. The molecule has 1 heterocycles. The quantitative estimate of drug-likeness (QED) is 0.912. The third kappa shape index (κ3) is 2.04. The van der Waals surface area contributed by atoms with E-state index in [1.54, 1.807) is 0 Å². The van der Waals surface area contributed by atoms with E-state index in [-0.39, 0.29) is 6.10 Å². The van der Waals surface area contributed by atoms with Gasteiger partial charge in [-0.1, -0.05) is 6.42 Å². The van der Waals surface area contributed by atoms with Crippen molar-refractivity contribution in [1.29, 1.82) is 0 Å². The number of hydrogen-bond donors (Lipinski definition) is 1. The van der Waals surface area contributed by atoms with Gasteiger partial charge in [0.15, 0.2) is 11.5 Å². The van der Waals surface area contributed by atoms with Gasteiger partial charge in [-0.2, -0.15) is 0 Å². The molecule has 2 aliphatic rings. The summed E-state index contributed by atoms with van der Waals surface area (Å²) in [6, 6.07) is 3.85. The van der Waals surface area contributed by atoms with E-state index in [9.17, 15) is 5.11 Å². The Morgan fingerprint density at radius 2 is 2.00 bits per heavy atom. The first-order valence-electron chi connectivity index (χ1n) is 6.03. The SMILES string of the molecule is OC(c1cc(Br)c2c(c1)OCCO2)C1CCC1. The van der Waals surface area contributed by atoms with Crippen LogP contribution in [-0.2, 0) is 0 Å². The maximum Gasteiger partial charge on any atom is 0.175 e. The van der Waals surface area contributed by atoms with E-state index >= 15 is 0 Å². The van der Waals surface area contributed by atoms with Crippen molar-refractivity contribution < 1.29 is 14.6 Å². The van der Waals surface area contributed by atoms with Crippen LogP contribution in [0.3, 0.4) is 0 Å². The third-order valence-corrected chi connectivity index (χ3v) is 4.15. The average molecular weight is 299 g/mol. The lowest BCUT2D eigenvalue weighted by molar-refractivity contribution is 0.0614. The van der Waals surface area contributed by atoms with E-state index in [0.29, 0.717) is 19.1 Å². The van der Waals surface area contributed by atoms with Gasteiger partial charge in [-0.15, -0.1) is 0 Å². The van der Waals surface area contributed by atoms with Crippen molar-refractivity contribution in [3.63, 3.8) is 0 Å². The fraction of sp³-hybridized carbons (Fsp3) is 0.538. The van der Waals surface area contributed by atoms with Crippen molar-refractivity contribution in [2.45, 2.75) is 25.4 Å². The fourth-order valence-corrected chi connectivity index (χ4v) is 2.90. The van der Waals surface area contributed by atoms with Crippen molar-refractivity contribution in [1.82, 2.24) is 0 Å². The van der Waals surface area contributed by atoms with Crippen LogP contribution in [0.15, 0.2) is 16.6 Å². The fourth-order valence-electron chi connectivity index (χ4n) is 2.33. The standard InChI is InChI=1S/C13H15BrO3/c14-10-6-9(12(15)8-2-1-3-8)7-11-13(10)17-5-4-16-11/h6-8,12,15H,1-5H2. The van der Waals surface area contributed by atoms with Gasteiger partial charge in [-0.25, -0.2) is 0 Å². The van der Waals surface area contributed by atoms with Gasteiger partial charge >= 0.3 is 0 Å². The van der Waals surface area contributed by atoms with Crippen molar-refractivity contribution in [2.24, 2.45) is 5.92 Å². The van der Waals surface area contributed by atoms with Crippen LogP contribution in [0, 0.1) is 5.92 Å². The summed E-state index contributed by atoms with van der Waals surface area (Å²) in [4.78, 5) is 0. The van der Waals surface area contributed by atoms with E-state index < -0.39 is 0 Å². The Bertz CT molecular complexity index is 429. The number of benzene rings is 1. The summed E-state index contributed by atoms with van der Waals surface area (Å²) in [5.41, 5.74) is 0.922. The molecule has 3 nitrogen and oxygen atoms in total. The minimum atomic E-state index is -0.379. The zero-order valence-corrected chi connectivity index (χ0v) is 11.1. The molecule has 4 heteroatoms. The first kappa shape index (κ1) is 11.4. The minimum absolute atomic E-state index is 0.379. The second-order valence-corrected chi connectivity index (χ2v) is 5.52. The molecule has 1 unspecified atom stereocenters. The highest BCUT2D eigenvalue weighted by molar-refractivity contribution is 9.10. The van der Waals surface area contributed by atoms with Crippen LogP contribution in [-0.4, -0.2) is 18.3 Å². The van der Waals surface area contributed by atoms with E-state index in [2.05, 4.69) is 15.9 Å². The van der Waals surface area contributed by atoms with Gasteiger partial charge in [0.05, 0.1) is 10.6 Å². The molecule has 1 aromatic rings. The zero-order chi connectivity index (χ0) is 11.8. The Labute approximate surface area is 109 Å². The van der Waals surface area contributed by atoms with Gasteiger partial charge in [0.25, 0.3) is 0 Å². The molecule has 0 radical (unpaired) electrons. The monoisotopic (exact) mass is 298 g/mol. The predicted molar refractivity (Wildman–Crippen MR) is 67.4 cm³/mol. The Balaban J connectivity index is 1.92. The molecular weight excluding hydrogens is 284 g/mol. The van der Waals surface area contributed by atoms with E-state index in [1.165, 1.54) is 6.42 Å². The number of hydrogen-bond acceptors (Lipinski definition) is 3. The second kappa shape index (κ2) is 4.50. The number of halogens is 1. The van der Waals surface area contributed by atoms with Gasteiger partial charge in [-0.3, -0.25) is 0 Å². The summed E-state index contributed by atoms with van der Waals surface area (Å²) >= 11 is 3.47. The van der Waals surface area contributed by atoms with Crippen molar-refractivity contribution in [2.75, 3.05) is 13.2 Å². The highest BCUT2D eigenvalue weighted by Gasteiger charge is 2.28. The predicted octanol–water partition coefficient (Wildman–Crippen LogP) is 3.05. The Morgan fingerprint density at radius 1 is 1.24 bits per heavy atom. The Kier molecular flexibility index (Phi) is 3.01. The second-order valence-electron chi connectivity index (χ2n) is 4.66. The molecule has 1 aliphatic heterocycles. The van der Waals surface area contributed by atoms with Gasteiger partial charge in [-0.05, 0) is 52.4 Å². The number of rotatable bonds is 2. The number of fused-ring (bicyclic) bond motifs is 1. The van der Waals surface area contributed by atoms with Gasteiger partial charge in [0.2, 0.25) is 0 Å². The Morgan fingerprint density at radius 3 is 2.71 bits per heavy atom. The smallest absolute Gasteiger partial charge is 0.175 e. The van der Waals surface area contributed by atoms with Crippen molar-refractivity contribution in [3.05, 3.63) is 22.2 Å². The molecule has 0 saturated heterocycles. The van der Waals surface area contributed by atoms with E-state index in [0.717, 1.165) is 34.4 Å². The summed E-state index contributed by atoms with van der Waals surface area (Å²) in [5.74, 6) is 1.89. The van der Waals surface area contributed by atoms with Crippen molar-refractivity contribution >= 4 is 15.9 Å². The molecule has 3 rings (SSSR count). The molecule has 92 valence electrons. The summed E-state index contributed by atoms with van der Waals surface area (Å²) in [5, 5.41) is 10.2. The minimum Gasteiger partial charge on any atom is -0.486 e. The molecule has 0 amide bonds. The first-order chi connectivity index (χ1) is 8.25. The summed E-state index contributed by atoms with van der Waals surface area (Å²) in [6.07, 6.45) is 3.09. The molecule has 1 aromatic carbocycles. The Hall–Kier alpha value is -0.740. The number of aliphatic hydroxyl groups is 1. The molecular formula is C13H15BrO3. The number of aliphatic hydroxyl groups excluding tert-OH is 1. The number of ether oxygens (including phenoxy) is 2. The van der Waals surface area contributed by atoms with Crippen LogP contribution in [0.1, 0.15) is 30.9 Å². The molecule has 0 aromatic heterocycles. The molecule has 17 heavy (non-hydrogen) atoms. The van der Waals surface area contributed by atoms with E-state index in [1.807, 2.05) is 12.1 Å². The molecule has 1 atom stereocenters. The topological polar surface area (TPSA) is 38.7 Å². The van der Waals surface area contributed by atoms with Gasteiger partial charge < -0.3 is 14.6 Å². The summed E-state index contributed by atoms with van der Waals surface area (Å²) in [7, 11) is 0. The maximum atomic E-state index is 10.2. The normalized spacial score (nSPS) is 20.8. The van der Waals surface area contributed by atoms with Crippen LogP contribution in [0.4, 0.5) is 0 Å². The van der Waals surface area contributed by atoms with Crippen LogP contribution in [0.5, 0.6) is 11.5 Å². The van der Waals surface area contributed by atoms with Crippen molar-refractivity contribution in [3.8, 4) is 11.5 Å². The lowest BCUT2D eigenvalue weighted by atomic mass is 9.79. The highest BCUT2D eigenvalue weighted by atomic mass is 79.9. The van der Waals surface area contributed by atoms with Crippen LogP contribution >= 0.6 is 15.9 Å². The molecule has 1 N–H and O–H groups in total. The van der Waals surface area contributed by atoms with Crippen LogP contribution in [0.2, 0.25) is 0 Å². The summed E-state index contributed by atoms with van der Waals surface area (Å²) in [6.45, 7) is 1.15. The zero-order valence-electron chi connectivity index (χ0n) is 9.49. The third-order valence-electron chi connectivity index (χ3n) is 3.56. The molecule has 1 aliphatic carbocycles. The highest BCUT2D eigenvalue weighted by Crippen LogP contribution is 2.43. The molecule has 1 fully saturated rings. The molecule has 0 spiro atoms. The van der Waals surface area contributed by atoms with Crippen LogP contribution in [0.25, 0.3) is 0 Å². The largest absolute Gasteiger partial charge is 0.486 e. The van der Waals surface area contributed by atoms with E-state index in [4.69, 9.17) is 9.47 Å². The maximum absolute atomic E-state index is 10.2. The van der Waals surface area contributed by atoms with Crippen LogP contribution < -0.4 is 9.47 Å². The lowest BCUT2D eigenvalue weighted by Crippen LogP contribution is -2.21. The first-order valence-corrected chi connectivity index (χ1v) is 6.82. The summed E-state index contributed by atoms with van der Waals surface area (Å²) < 4.78 is 12.0.